The summed E-state index contributed by atoms with van der Waals surface area (Å²) in [6, 6.07) is 5.56. The van der Waals surface area contributed by atoms with E-state index in [0.29, 0.717) is 18.9 Å². The average Bonchev–Trinajstić information content (AvgIpc) is 2.37. The zero-order chi connectivity index (χ0) is 13.4. The largest absolute Gasteiger partial charge is 0.481 e. The third-order valence-electron chi connectivity index (χ3n) is 2.32. The van der Waals surface area contributed by atoms with E-state index in [4.69, 9.17) is 9.47 Å². The van der Waals surface area contributed by atoms with E-state index in [0.717, 1.165) is 6.42 Å². The van der Waals surface area contributed by atoms with Crippen molar-refractivity contribution in [1.29, 1.82) is 0 Å². The molecular formula is C13H18FNO3. The molecule has 4 nitrogen and oxygen atoms in total. The number of hydrogen-bond donors (Lipinski definition) is 1. The number of halogens is 1. The maximum Gasteiger partial charge on any atom is 0.260 e. The van der Waals surface area contributed by atoms with E-state index >= 15 is 0 Å². The molecule has 0 radical (unpaired) electrons. The van der Waals surface area contributed by atoms with Crippen LogP contribution in [0.25, 0.3) is 0 Å². The first-order valence-electron chi connectivity index (χ1n) is 5.82. The minimum absolute atomic E-state index is 0.199. The minimum atomic E-state index is -0.613. The Bertz CT molecular complexity index is 367. The summed E-state index contributed by atoms with van der Waals surface area (Å²) in [4.78, 5) is 11.6. The van der Waals surface area contributed by atoms with Gasteiger partial charge in [0.25, 0.3) is 5.91 Å². The van der Waals surface area contributed by atoms with Gasteiger partial charge in [-0.25, -0.2) is 4.39 Å². The number of benzene rings is 1. The van der Waals surface area contributed by atoms with Gasteiger partial charge in [-0.05, 0) is 37.6 Å². The van der Waals surface area contributed by atoms with Crippen molar-refractivity contribution in [3.63, 3.8) is 0 Å². The molecule has 5 heteroatoms. The predicted octanol–water partition coefficient (Wildman–Crippen LogP) is 1.75. The van der Waals surface area contributed by atoms with Crippen molar-refractivity contribution < 1.29 is 18.7 Å². The van der Waals surface area contributed by atoms with Gasteiger partial charge in [-0.2, -0.15) is 0 Å². The molecule has 0 bridgehead atoms. The quantitative estimate of drug-likeness (QED) is 0.755. The van der Waals surface area contributed by atoms with Gasteiger partial charge in [0, 0.05) is 20.3 Å². The number of carbonyl (C=O) groups excluding carboxylic acids is 1. The Hall–Kier alpha value is -1.62. The van der Waals surface area contributed by atoms with Gasteiger partial charge in [0.2, 0.25) is 0 Å². The molecule has 1 N–H and O–H groups in total. The normalized spacial score (nSPS) is 11.9. The predicted molar refractivity (Wildman–Crippen MR) is 66.0 cm³/mol. The molecule has 18 heavy (non-hydrogen) atoms. The summed E-state index contributed by atoms with van der Waals surface area (Å²) in [5, 5.41) is 2.73. The van der Waals surface area contributed by atoms with Crippen molar-refractivity contribution >= 4 is 5.91 Å². The number of ether oxygens (including phenoxy) is 2. The fourth-order valence-corrected chi connectivity index (χ4v) is 1.34. The first kappa shape index (κ1) is 14.4. The van der Waals surface area contributed by atoms with Crippen LogP contribution in [0.15, 0.2) is 24.3 Å². The number of methoxy groups -OCH3 is 1. The van der Waals surface area contributed by atoms with Crippen LogP contribution in [0.2, 0.25) is 0 Å². The van der Waals surface area contributed by atoms with E-state index in [1.54, 1.807) is 14.0 Å². The highest BCUT2D eigenvalue weighted by atomic mass is 19.1. The van der Waals surface area contributed by atoms with Crippen LogP contribution in [-0.2, 0) is 9.53 Å². The monoisotopic (exact) mass is 255 g/mol. The fraction of sp³-hybridized carbons (Fsp3) is 0.462. The highest BCUT2D eigenvalue weighted by Gasteiger charge is 2.13. The molecule has 1 rings (SSSR count). The van der Waals surface area contributed by atoms with E-state index in [2.05, 4.69) is 5.32 Å². The summed E-state index contributed by atoms with van der Waals surface area (Å²) in [5.41, 5.74) is 0. The summed E-state index contributed by atoms with van der Waals surface area (Å²) in [6.45, 7) is 2.80. The van der Waals surface area contributed by atoms with Gasteiger partial charge in [0.05, 0.1) is 0 Å². The first-order chi connectivity index (χ1) is 8.63. The Kier molecular flexibility index (Phi) is 6.14. The van der Waals surface area contributed by atoms with E-state index < -0.39 is 6.10 Å². The summed E-state index contributed by atoms with van der Waals surface area (Å²) in [6.07, 6.45) is 0.143. The van der Waals surface area contributed by atoms with Crippen LogP contribution < -0.4 is 10.1 Å². The Labute approximate surface area is 106 Å². The molecular weight excluding hydrogens is 237 g/mol. The zero-order valence-electron chi connectivity index (χ0n) is 10.6. The van der Waals surface area contributed by atoms with Crippen molar-refractivity contribution in [1.82, 2.24) is 5.32 Å². The van der Waals surface area contributed by atoms with E-state index in [-0.39, 0.29) is 11.7 Å². The van der Waals surface area contributed by atoms with Crippen molar-refractivity contribution in [2.24, 2.45) is 0 Å². The summed E-state index contributed by atoms with van der Waals surface area (Å²) in [5.74, 6) is -0.0645. The minimum Gasteiger partial charge on any atom is -0.481 e. The highest BCUT2D eigenvalue weighted by molar-refractivity contribution is 5.80. The van der Waals surface area contributed by atoms with E-state index in [1.807, 2.05) is 0 Å². The smallest absolute Gasteiger partial charge is 0.260 e. The molecule has 1 amide bonds. The van der Waals surface area contributed by atoms with Crippen LogP contribution in [0.4, 0.5) is 4.39 Å². The second-order valence-electron chi connectivity index (χ2n) is 3.85. The van der Waals surface area contributed by atoms with Crippen LogP contribution in [0.3, 0.4) is 0 Å². The summed E-state index contributed by atoms with van der Waals surface area (Å²) < 4.78 is 22.9. The second kappa shape index (κ2) is 7.66. The summed E-state index contributed by atoms with van der Waals surface area (Å²) in [7, 11) is 1.61. The van der Waals surface area contributed by atoms with Gasteiger partial charge in [0.1, 0.15) is 11.6 Å². The lowest BCUT2D eigenvalue weighted by Crippen LogP contribution is -2.37. The highest BCUT2D eigenvalue weighted by Crippen LogP contribution is 2.12. The fourth-order valence-electron chi connectivity index (χ4n) is 1.34. The lowest BCUT2D eigenvalue weighted by atomic mass is 10.3. The zero-order valence-corrected chi connectivity index (χ0v) is 10.6. The van der Waals surface area contributed by atoms with Gasteiger partial charge in [-0.1, -0.05) is 0 Å². The number of rotatable bonds is 7. The lowest BCUT2D eigenvalue weighted by molar-refractivity contribution is -0.127. The van der Waals surface area contributed by atoms with E-state index in [1.165, 1.54) is 24.3 Å². The van der Waals surface area contributed by atoms with Gasteiger partial charge in [-0.15, -0.1) is 0 Å². The molecule has 0 spiro atoms. The van der Waals surface area contributed by atoms with Crippen LogP contribution in [0.1, 0.15) is 13.3 Å². The molecule has 0 aliphatic rings. The number of nitrogens with one attached hydrogen (secondary N) is 1. The Morgan fingerprint density at radius 2 is 2.06 bits per heavy atom. The lowest BCUT2D eigenvalue weighted by Gasteiger charge is -2.14. The number of hydrogen-bond acceptors (Lipinski definition) is 3. The van der Waals surface area contributed by atoms with E-state index in [9.17, 15) is 9.18 Å². The molecule has 100 valence electrons. The Morgan fingerprint density at radius 3 is 2.67 bits per heavy atom. The van der Waals surface area contributed by atoms with Crippen LogP contribution in [0, 0.1) is 5.82 Å². The standard InChI is InChI=1S/C13H18FNO3/c1-10(13(16)15-8-3-9-17-2)18-12-6-4-11(14)5-7-12/h4-7,10H,3,8-9H2,1-2H3,(H,15,16). The van der Waals surface area contributed by atoms with Gasteiger partial charge in [-0.3, -0.25) is 4.79 Å². The van der Waals surface area contributed by atoms with Gasteiger partial charge < -0.3 is 14.8 Å². The van der Waals surface area contributed by atoms with Crippen LogP contribution in [-0.4, -0.2) is 32.3 Å². The third kappa shape index (κ3) is 5.14. The van der Waals surface area contributed by atoms with Crippen molar-refractivity contribution in [2.45, 2.75) is 19.4 Å². The Balaban J connectivity index is 2.33. The van der Waals surface area contributed by atoms with Gasteiger partial charge in [0.15, 0.2) is 6.10 Å². The van der Waals surface area contributed by atoms with Gasteiger partial charge >= 0.3 is 0 Å². The molecule has 1 unspecified atom stereocenters. The molecule has 0 heterocycles. The molecule has 1 aromatic rings. The number of amides is 1. The number of carbonyl (C=O) groups is 1. The summed E-state index contributed by atoms with van der Waals surface area (Å²) >= 11 is 0. The van der Waals surface area contributed by atoms with Crippen LogP contribution >= 0.6 is 0 Å². The molecule has 0 saturated carbocycles. The average molecular weight is 255 g/mol. The van der Waals surface area contributed by atoms with Crippen molar-refractivity contribution in [3.8, 4) is 5.75 Å². The van der Waals surface area contributed by atoms with Crippen molar-refractivity contribution in [2.75, 3.05) is 20.3 Å². The van der Waals surface area contributed by atoms with Crippen LogP contribution in [0.5, 0.6) is 5.75 Å². The topological polar surface area (TPSA) is 47.6 Å². The maximum absolute atomic E-state index is 12.7. The molecule has 0 aromatic heterocycles. The maximum atomic E-state index is 12.7. The molecule has 1 aromatic carbocycles. The SMILES string of the molecule is COCCCNC(=O)C(C)Oc1ccc(F)cc1. The Morgan fingerprint density at radius 1 is 1.39 bits per heavy atom. The molecule has 0 saturated heterocycles. The first-order valence-corrected chi connectivity index (χ1v) is 5.82. The molecule has 0 fully saturated rings. The molecule has 0 aliphatic heterocycles. The molecule has 0 aliphatic carbocycles. The second-order valence-corrected chi connectivity index (χ2v) is 3.85. The third-order valence-corrected chi connectivity index (χ3v) is 2.32. The van der Waals surface area contributed by atoms with Crippen molar-refractivity contribution in [3.05, 3.63) is 30.1 Å². The molecule has 1 atom stereocenters.